The van der Waals surface area contributed by atoms with Crippen LogP contribution in [0, 0.1) is 6.92 Å². The van der Waals surface area contributed by atoms with Gasteiger partial charge < -0.3 is 14.6 Å². The van der Waals surface area contributed by atoms with E-state index in [2.05, 4.69) is 16.8 Å². The number of rotatable bonds is 5. The molecule has 0 saturated carbocycles. The van der Waals surface area contributed by atoms with Crippen LogP contribution >= 0.6 is 11.3 Å². The van der Waals surface area contributed by atoms with Gasteiger partial charge in [-0.15, -0.1) is 11.3 Å². The van der Waals surface area contributed by atoms with E-state index in [1.807, 2.05) is 6.92 Å². The first-order valence-corrected chi connectivity index (χ1v) is 8.61. The van der Waals surface area contributed by atoms with E-state index in [4.69, 9.17) is 9.47 Å². The van der Waals surface area contributed by atoms with Crippen LogP contribution in [-0.4, -0.2) is 53.5 Å². The predicted octanol–water partition coefficient (Wildman–Crippen LogP) is 2.87. The van der Waals surface area contributed by atoms with Gasteiger partial charge in [-0.1, -0.05) is 6.07 Å². The van der Waals surface area contributed by atoms with Crippen molar-refractivity contribution in [1.82, 2.24) is 9.88 Å². The lowest BCUT2D eigenvalue weighted by atomic mass is 10.1. The van der Waals surface area contributed by atoms with Crippen LogP contribution in [0.25, 0.3) is 10.6 Å². The monoisotopic (exact) mass is 348 g/mol. The number of thiazole rings is 1. The summed E-state index contributed by atoms with van der Waals surface area (Å²) < 4.78 is 11.4. The minimum atomic E-state index is -0.983. The van der Waals surface area contributed by atoms with Gasteiger partial charge in [0.2, 0.25) is 0 Å². The van der Waals surface area contributed by atoms with Crippen molar-refractivity contribution < 1.29 is 19.4 Å². The number of benzene rings is 1. The van der Waals surface area contributed by atoms with Gasteiger partial charge >= 0.3 is 5.97 Å². The summed E-state index contributed by atoms with van der Waals surface area (Å²) in [5.74, 6) is -0.439. The fourth-order valence-electron chi connectivity index (χ4n) is 2.63. The number of hydrogen-bond donors (Lipinski definition) is 1. The highest BCUT2D eigenvalue weighted by atomic mass is 32.1. The number of carbonyl (C=O) groups is 1. The number of morpholine rings is 1. The Labute approximate surface area is 144 Å². The maximum atomic E-state index is 11.6. The third kappa shape index (κ3) is 3.58. The lowest BCUT2D eigenvalue weighted by molar-refractivity contribution is -0.0319. The quantitative estimate of drug-likeness (QED) is 0.896. The Balaban J connectivity index is 1.89. The van der Waals surface area contributed by atoms with E-state index in [1.54, 1.807) is 24.4 Å². The summed E-state index contributed by atoms with van der Waals surface area (Å²) in [5, 5.41) is 10.2. The Bertz CT molecular complexity index is 731. The Morgan fingerprint density at radius 1 is 1.54 bits per heavy atom. The van der Waals surface area contributed by atoms with Gasteiger partial charge in [-0.25, -0.2) is 9.78 Å². The molecule has 2 aromatic rings. The van der Waals surface area contributed by atoms with E-state index in [1.165, 1.54) is 11.3 Å². The molecule has 1 saturated heterocycles. The Hall–Kier alpha value is -1.96. The zero-order valence-corrected chi connectivity index (χ0v) is 14.5. The van der Waals surface area contributed by atoms with Gasteiger partial charge in [0.05, 0.1) is 24.3 Å². The zero-order chi connectivity index (χ0) is 17.1. The second-order valence-corrected chi connectivity index (χ2v) is 7.00. The van der Waals surface area contributed by atoms with Crippen LogP contribution in [0.15, 0.2) is 24.4 Å². The number of carboxylic acid groups (broad SMARTS) is 1. The molecule has 1 fully saturated rings. The number of aryl methyl sites for hydroxylation is 1. The van der Waals surface area contributed by atoms with Gasteiger partial charge in [0, 0.05) is 23.7 Å². The molecule has 0 radical (unpaired) electrons. The van der Waals surface area contributed by atoms with E-state index in [9.17, 15) is 9.90 Å². The van der Waals surface area contributed by atoms with Crippen molar-refractivity contribution in [2.45, 2.75) is 19.9 Å². The maximum Gasteiger partial charge on any atom is 0.336 e. The number of aromatic carboxylic acids is 1. The number of nitrogens with zero attached hydrogens (tertiary/aromatic N) is 2. The third-order valence-corrected chi connectivity index (χ3v) is 4.91. The molecule has 1 aromatic carbocycles. The van der Waals surface area contributed by atoms with E-state index in [-0.39, 0.29) is 11.6 Å². The SMILES string of the molecule is Cc1cnc(-c2c(OCN3CCOC[C@H]3C)cccc2C(=O)O)s1. The van der Waals surface area contributed by atoms with Gasteiger partial charge in [0.25, 0.3) is 0 Å². The third-order valence-electron chi connectivity index (χ3n) is 3.98. The van der Waals surface area contributed by atoms with Crippen molar-refractivity contribution in [1.29, 1.82) is 0 Å². The molecule has 24 heavy (non-hydrogen) atoms. The Kier molecular flexibility index (Phi) is 5.13. The highest BCUT2D eigenvalue weighted by Crippen LogP contribution is 2.36. The molecule has 1 aromatic heterocycles. The first-order valence-electron chi connectivity index (χ1n) is 7.80. The fraction of sp³-hybridized carbons (Fsp3) is 0.412. The van der Waals surface area contributed by atoms with Crippen LogP contribution in [0.1, 0.15) is 22.2 Å². The molecular weight excluding hydrogens is 328 g/mol. The second kappa shape index (κ2) is 7.29. The average molecular weight is 348 g/mol. The van der Waals surface area contributed by atoms with Crippen LogP contribution in [0.2, 0.25) is 0 Å². The lowest BCUT2D eigenvalue weighted by Gasteiger charge is -2.32. The van der Waals surface area contributed by atoms with Crippen LogP contribution in [0.4, 0.5) is 0 Å². The highest BCUT2D eigenvalue weighted by molar-refractivity contribution is 7.15. The van der Waals surface area contributed by atoms with Crippen LogP contribution < -0.4 is 4.74 Å². The molecule has 128 valence electrons. The smallest absolute Gasteiger partial charge is 0.336 e. The highest BCUT2D eigenvalue weighted by Gasteiger charge is 2.22. The normalized spacial score (nSPS) is 18.5. The van der Waals surface area contributed by atoms with E-state index >= 15 is 0 Å². The summed E-state index contributed by atoms with van der Waals surface area (Å²) in [6, 6.07) is 5.35. The number of aromatic nitrogens is 1. The van der Waals surface area contributed by atoms with E-state index in [0.29, 0.717) is 36.3 Å². The van der Waals surface area contributed by atoms with Crippen molar-refractivity contribution >= 4 is 17.3 Å². The number of hydrogen-bond acceptors (Lipinski definition) is 6. The predicted molar refractivity (Wildman–Crippen MR) is 91.7 cm³/mol. The topological polar surface area (TPSA) is 71.9 Å². The molecule has 7 heteroatoms. The Morgan fingerprint density at radius 2 is 2.38 bits per heavy atom. The number of ether oxygens (including phenoxy) is 2. The van der Waals surface area contributed by atoms with Gasteiger partial charge in [-0.2, -0.15) is 0 Å². The molecule has 6 nitrogen and oxygen atoms in total. The summed E-state index contributed by atoms with van der Waals surface area (Å²) in [6.07, 6.45) is 1.74. The first kappa shape index (κ1) is 16.9. The minimum absolute atomic E-state index is 0.205. The molecule has 0 aliphatic carbocycles. The molecule has 1 N–H and O–H groups in total. The van der Waals surface area contributed by atoms with E-state index in [0.717, 1.165) is 11.4 Å². The largest absolute Gasteiger partial charge is 0.478 e. The van der Waals surface area contributed by atoms with Gasteiger partial charge in [-0.3, -0.25) is 4.90 Å². The summed E-state index contributed by atoms with van der Waals surface area (Å²) in [7, 11) is 0. The van der Waals surface area contributed by atoms with Crippen LogP contribution in [-0.2, 0) is 4.74 Å². The van der Waals surface area contributed by atoms with Crippen LogP contribution in [0.3, 0.4) is 0 Å². The molecule has 3 rings (SSSR count). The zero-order valence-electron chi connectivity index (χ0n) is 13.7. The number of carboxylic acids is 1. The summed E-state index contributed by atoms with van der Waals surface area (Å²) in [6.45, 7) is 6.58. The average Bonchev–Trinajstić information content (AvgIpc) is 2.99. The molecule has 1 atom stereocenters. The minimum Gasteiger partial charge on any atom is -0.478 e. The maximum absolute atomic E-state index is 11.6. The second-order valence-electron chi connectivity index (χ2n) is 5.77. The molecule has 1 aliphatic heterocycles. The van der Waals surface area contributed by atoms with Crippen LogP contribution in [0.5, 0.6) is 5.75 Å². The molecule has 1 aliphatic rings. The molecule has 2 heterocycles. The van der Waals surface area contributed by atoms with Crippen molar-refractivity contribution in [2.75, 3.05) is 26.5 Å². The van der Waals surface area contributed by atoms with Gasteiger partial charge in [0.1, 0.15) is 17.5 Å². The molecule has 0 unspecified atom stereocenters. The van der Waals surface area contributed by atoms with E-state index < -0.39 is 5.97 Å². The summed E-state index contributed by atoms with van der Waals surface area (Å²) in [5.41, 5.74) is 0.751. The molecular formula is C17H20N2O4S. The van der Waals surface area contributed by atoms with Gasteiger partial charge in [0.15, 0.2) is 0 Å². The molecule has 0 spiro atoms. The Morgan fingerprint density at radius 3 is 3.04 bits per heavy atom. The summed E-state index contributed by atoms with van der Waals surface area (Å²) in [4.78, 5) is 19.1. The lowest BCUT2D eigenvalue weighted by Crippen LogP contribution is -2.45. The van der Waals surface area contributed by atoms with Crippen molar-refractivity contribution in [3.63, 3.8) is 0 Å². The standard InChI is InChI=1S/C17H20N2O4S/c1-11-9-22-7-6-19(11)10-23-14-5-3-4-13(17(20)21)15(14)16-18-8-12(2)24-16/h3-5,8,11H,6-7,9-10H2,1-2H3,(H,20,21)/t11-/m1/s1. The van der Waals surface area contributed by atoms with Gasteiger partial charge in [-0.05, 0) is 26.0 Å². The van der Waals surface area contributed by atoms with Crippen molar-refractivity contribution in [3.8, 4) is 16.3 Å². The van der Waals surface area contributed by atoms with Crippen molar-refractivity contribution in [3.05, 3.63) is 34.8 Å². The summed E-state index contributed by atoms with van der Waals surface area (Å²) >= 11 is 1.46. The first-order chi connectivity index (χ1) is 11.6. The molecule has 0 amide bonds. The molecule has 0 bridgehead atoms. The fourth-order valence-corrected chi connectivity index (χ4v) is 3.45. The van der Waals surface area contributed by atoms with Crippen molar-refractivity contribution in [2.24, 2.45) is 0 Å².